The van der Waals surface area contributed by atoms with Gasteiger partial charge in [0, 0.05) is 20.0 Å². The van der Waals surface area contributed by atoms with Crippen molar-refractivity contribution in [3.63, 3.8) is 0 Å². The number of ether oxygens (including phenoxy) is 1. The number of methoxy groups -OCH3 is 1. The van der Waals surface area contributed by atoms with E-state index in [1.807, 2.05) is 0 Å². The second-order valence-corrected chi connectivity index (χ2v) is 4.12. The molecule has 0 saturated heterocycles. The molecule has 20 heavy (non-hydrogen) atoms. The van der Waals surface area contributed by atoms with Gasteiger partial charge in [0.25, 0.3) is 0 Å². The zero-order valence-corrected chi connectivity index (χ0v) is 11.3. The standard InChI is InChI=1S/C11H16N4O5/c1-13(6-3-4-11(17)20-2)10(16)8-14-7-5-9(12-14)15(18)19/h5,7H,3-4,6,8H2,1-2H3. The first-order valence-corrected chi connectivity index (χ1v) is 5.92. The summed E-state index contributed by atoms with van der Waals surface area (Å²) >= 11 is 0. The van der Waals surface area contributed by atoms with E-state index >= 15 is 0 Å². The lowest BCUT2D eigenvalue weighted by atomic mass is 10.3. The highest BCUT2D eigenvalue weighted by Gasteiger charge is 2.15. The number of rotatable bonds is 7. The van der Waals surface area contributed by atoms with Crippen LogP contribution < -0.4 is 0 Å². The van der Waals surface area contributed by atoms with Crippen molar-refractivity contribution < 1.29 is 19.2 Å². The lowest BCUT2D eigenvalue weighted by molar-refractivity contribution is -0.389. The summed E-state index contributed by atoms with van der Waals surface area (Å²) in [5.74, 6) is -0.868. The molecular formula is C11H16N4O5. The van der Waals surface area contributed by atoms with E-state index < -0.39 is 4.92 Å². The van der Waals surface area contributed by atoms with E-state index in [-0.39, 0.29) is 30.7 Å². The van der Waals surface area contributed by atoms with Crippen molar-refractivity contribution in [3.8, 4) is 0 Å². The molecule has 0 aliphatic rings. The van der Waals surface area contributed by atoms with Crippen LogP contribution in [0.15, 0.2) is 12.3 Å². The molecule has 0 saturated carbocycles. The van der Waals surface area contributed by atoms with Crippen LogP contribution in [0.4, 0.5) is 5.82 Å². The summed E-state index contributed by atoms with van der Waals surface area (Å²) in [6.07, 6.45) is 2.11. The van der Waals surface area contributed by atoms with Crippen LogP contribution in [-0.2, 0) is 20.9 Å². The van der Waals surface area contributed by atoms with Gasteiger partial charge in [-0.1, -0.05) is 0 Å². The second-order valence-electron chi connectivity index (χ2n) is 4.12. The molecule has 0 radical (unpaired) electrons. The molecule has 0 bridgehead atoms. The molecule has 0 aromatic carbocycles. The van der Waals surface area contributed by atoms with Crippen LogP contribution in [-0.4, -0.2) is 52.2 Å². The maximum atomic E-state index is 11.8. The first kappa shape index (κ1) is 15.6. The highest BCUT2D eigenvalue weighted by Crippen LogP contribution is 2.05. The Morgan fingerprint density at radius 1 is 1.55 bits per heavy atom. The van der Waals surface area contributed by atoms with Gasteiger partial charge in [0.05, 0.1) is 24.5 Å². The van der Waals surface area contributed by atoms with Gasteiger partial charge in [-0.05, 0) is 11.3 Å². The molecule has 110 valence electrons. The Morgan fingerprint density at radius 2 is 2.25 bits per heavy atom. The molecule has 0 spiro atoms. The molecular weight excluding hydrogens is 268 g/mol. The topological polar surface area (TPSA) is 108 Å². The van der Waals surface area contributed by atoms with Crippen molar-refractivity contribution in [1.29, 1.82) is 0 Å². The third kappa shape index (κ3) is 4.67. The SMILES string of the molecule is COC(=O)CCCN(C)C(=O)Cn1ccc([N+](=O)[O-])n1. The molecule has 0 atom stereocenters. The van der Waals surface area contributed by atoms with Crippen LogP contribution in [0.25, 0.3) is 0 Å². The predicted molar refractivity (Wildman–Crippen MR) is 67.8 cm³/mol. The Balaban J connectivity index is 2.40. The molecule has 1 aromatic heterocycles. The Morgan fingerprint density at radius 3 is 2.80 bits per heavy atom. The van der Waals surface area contributed by atoms with Crippen molar-refractivity contribution in [2.75, 3.05) is 20.7 Å². The fourth-order valence-electron chi connectivity index (χ4n) is 1.48. The van der Waals surface area contributed by atoms with Gasteiger partial charge in [0.15, 0.2) is 0 Å². The molecule has 0 aliphatic carbocycles. The lowest BCUT2D eigenvalue weighted by Crippen LogP contribution is -2.31. The number of carbonyl (C=O) groups is 2. The van der Waals surface area contributed by atoms with Gasteiger partial charge in [0.1, 0.15) is 6.54 Å². The molecule has 0 aliphatic heterocycles. The number of likely N-dealkylation sites (N-methyl/N-ethyl adjacent to an activating group) is 1. The summed E-state index contributed by atoms with van der Waals surface area (Å²) < 4.78 is 5.70. The molecule has 0 N–H and O–H groups in total. The summed E-state index contributed by atoms with van der Waals surface area (Å²) in [5, 5.41) is 14.1. The number of carbonyl (C=O) groups excluding carboxylic acids is 2. The van der Waals surface area contributed by atoms with Crippen molar-refractivity contribution in [2.45, 2.75) is 19.4 Å². The monoisotopic (exact) mass is 284 g/mol. The van der Waals surface area contributed by atoms with Crippen LogP contribution >= 0.6 is 0 Å². The molecule has 9 heteroatoms. The summed E-state index contributed by atoms with van der Waals surface area (Å²) in [6, 6.07) is 1.23. The van der Waals surface area contributed by atoms with Crippen molar-refractivity contribution in [3.05, 3.63) is 22.4 Å². The van der Waals surface area contributed by atoms with E-state index in [4.69, 9.17) is 0 Å². The third-order valence-electron chi connectivity index (χ3n) is 2.64. The van der Waals surface area contributed by atoms with Crippen molar-refractivity contribution in [1.82, 2.24) is 14.7 Å². The highest BCUT2D eigenvalue weighted by atomic mass is 16.6. The first-order valence-electron chi connectivity index (χ1n) is 5.92. The zero-order valence-electron chi connectivity index (χ0n) is 11.3. The predicted octanol–water partition coefficient (Wildman–Crippen LogP) is 0.203. The maximum absolute atomic E-state index is 11.8. The smallest absolute Gasteiger partial charge is 0.389 e. The molecule has 0 unspecified atom stereocenters. The van der Waals surface area contributed by atoms with Crippen molar-refractivity contribution in [2.24, 2.45) is 0 Å². The fraction of sp³-hybridized carbons (Fsp3) is 0.545. The minimum atomic E-state index is -0.624. The second kappa shape index (κ2) is 7.22. The fourth-order valence-corrected chi connectivity index (χ4v) is 1.48. The van der Waals surface area contributed by atoms with Gasteiger partial charge < -0.3 is 19.8 Å². The van der Waals surface area contributed by atoms with Crippen LogP contribution in [0.3, 0.4) is 0 Å². The number of hydrogen-bond donors (Lipinski definition) is 0. The summed E-state index contributed by atoms with van der Waals surface area (Å²) in [7, 11) is 2.90. The molecule has 0 fully saturated rings. The Hall–Kier alpha value is -2.45. The van der Waals surface area contributed by atoms with Crippen LogP contribution in [0.2, 0.25) is 0 Å². The lowest BCUT2D eigenvalue weighted by Gasteiger charge is -2.15. The normalized spacial score (nSPS) is 10.1. The molecule has 1 heterocycles. The number of esters is 1. The van der Waals surface area contributed by atoms with E-state index in [0.29, 0.717) is 13.0 Å². The van der Waals surface area contributed by atoms with Gasteiger partial charge in [-0.15, -0.1) is 0 Å². The zero-order chi connectivity index (χ0) is 15.1. The van der Waals surface area contributed by atoms with E-state index in [1.54, 1.807) is 7.05 Å². The van der Waals surface area contributed by atoms with E-state index in [9.17, 15) is 19.7 Å². The largest absolute Gasteiger partial charge is 0.469 e. The van der Waals surface area contributed by atoms with E-state index in [2.05, 4.69) is 9.84 Å². The van der Waals surface area contributed by atoms with Crippen molar-refractivity contribution >= 4 is 17.7 Å². The molecule has 1 amide bonds. The van der Waals surface area contributed by atoms with Crippen LogP contribution in [0.5, 0.6) is 0 Å². The quantitative estimate of drug-likeness (QED) is 0.402. The average Bonchev–Trinajstić information content (AvgIpc) is 2.86. The van der Waals surface area contributed by atoms with Gasteiger partial charge in [0.2, 0.25) is 5.91 Å². The highest BCUT2D eigenvalue weighted by molar-refractivity contribution is 5.75. The Bertz CT molecular complexity index is 499. The summed E-state index contributed by atoms with van der Waals surface area (Å²) in [6.45, 7) is 0.319. The van der Waals surface area contributed by atoms with Crippen LogP contribution in [0.1, 0.15) is 12.8 Å². The number of amides is 1. The van der Waals surface area contributed by atoms with Gasteiger partial charge in [-0.2, -0.15) is 4.68 Å². The number of aromatic nitrogens is 2. The minimum absolute atomic E-state index is 0.0808. The van der Waals surface area contributed by atoms with E-state index in [0.717, 1.165) is 0 Å². The van der Waals surface area contributed by atoms with Gasteiger partial charge >= 0.3 is 11.8 Å². The minimum Gasteiger partial charge on any atom is -0.469 e. The summed E-state index contributed by atoms with van der Waals surface area (Å²) in [5.41, 5.74) is 0. The van der Waals surface area contributed by atoms with E-state index in [1.165, 1.54) is 29.0 Å². The molecule has 9 nitrogen and oxygen atoms in total. The Kier molecular flexibility index (Phi) is 5.63. The molecule has 1 aromatic rings. The number of hydrogen-bond acceptors (Lipinski definition) is 6. The van der Waals surface area contributed by atoms with Crippen LogP contribution in [0, 0.1) is 10.1 Å². The van der Waals surface area contributed by atoms with Gasteiger partial charge in [-0.25, -0.2) is 0 Å². The number of nitro groups is 1. The number of nitrogens with zero attached hydrogens (tertiary/aromatic N) is 4. The third-order valence-corrected chi connectivity index (χ3v) is 2.64. The summed E-state index contributed by atoms with van der Waals surface area (Å²) in [4.78, 5) is 34.0. The first-order chi connectivity index (χ1) is 9.43. The Labute approximate surface area is 115 Å². The average molecular weight is 284 g/mol. The van der Waals surface area contributed by atoms with Gasteiger partial charge in [-0.3, -0.25) is 9.59 Å². The molecule has 1 rings (SSSR count). The maximum Gasteiger partial charge on any atom is 0.389 e.